The topological polar surface area (TPSA) is 38.3 Å². The molecule has 0 radical (unpaired) electrons. The van der Waals surface area contributed by atoms with E-state index >= 15 is 0 Å². The van der Waals surface area contributed by atoms with Crippen LogP contribution in [0.25, 0.3) is 0 Å². The van der Waals surface area contributed by atoms with Crippen LogP contribution in [0.2, 0.25) is 0 Å². The van der Waals surface area contributed by atoms with Crippen LogP contribution in [0.5, 0.6) is 0 Å². The summed E-state index contributed by atoms with van der Waals surface area (Å²) in [6, 6.07) is 0.233. The smallest absolute Gasteiger partial charge is 0.323 e. The van der Waals surface area contributed by atoms with Crippen LogP contribution < -0.4 is 5.32 Å². The molecule has 0 amide bonds. The molecule has 2 atom stereocenters. The van der Waals surface area contributed by atoms with E-state index in [2.05, 4.69) is 26.1 Å². The second-order valence-corrected chi connectivity index (χ2v) is 4.14. The third kappa shape index (κ3) is 5.17. The molecule has 15 heavy (non-hydrogen) atoms. The van der Waals surface area contributed by atoms with Gasteiger partial charge in [-0.15, -0.1) is 0 Å². The van der Waals surface area contributed by atoms with Crippen molar-refractivity contribution >= 4 is 5.97 Å². The second-order valence-electron chi connectivity index (χ2n) is 4.14. The molecule has 0 fully saturated rings. The standard InChI is InChI=1S/C12H25NO2/c1-6-10(9(4)5)13-11(7-2)12(14)15-8-3/h9-11,13H,6-8H2,1-5H3. The minimum absolute atomic E-state index is 0.126. The van der Waals surface area contributed by atoms with Crippen molar-refractivity contribution in [3.63, 3.8) is 0 Å². The van der Waals surface area contributed by atoms with E-state index in [9.17, 15) is 4.79 Å². The van der Waals surface area contributed by atoms with Crippen LogP contribution in [-0.4, -0.2) is 24.7 Å². The lowest BCUT2D eigenvalue weighted by molar-refractivity contribution is -0.146. The van der Waals surface area contributed by atoms with Gasteiger partial charge in [-0.2, -0.15) is 0 Å². The van der Waals surface area contributed by atoms with E-state index in [1.807, 2.05) is 13.8 Å². The molecule has 0 aliphatic carbocycles. The number of hydrogen-bond acceptors (Lipinski definition) is 3. The predicted octanol–water partition coefficient (Wildman–Crippen LogP) is 2.35. The number of carbonyl (C=O) groups is 1. The predicted molar refractivity (Wildman–Crippen MR) is 62.8 cm³/mol. The van der Waals surface area contributed by atoms with Crippen molar-refractivity contribution in [3.05, 3.63) is 0 Å². The summed E-state index contributed by atoms with van der Waals surface area (Å²) < 4.78 is 5.02. The Morgan fingerprint density at radius 1 is 1.20 bits per heavy atom. The molecule has 0 bridgehead atoms. The van der Waals surface area contributed by atoms with Crippen molar-refractivity contribution < 1.29 is 9.53 Å². The van der Waals surface area contributed by atoms with Gasteiger partial charge in [-0.05, 0) is 25.7 Å². The fraction of sp³-hybridized carbons (Fsp3) is 0.917. The van der Waals surface area contributed by atoms with Crippen molar-refractivity contribution in [2.24, 2.45) is 5.92 Å². The Morgan fingerprint density at radius 2 is 1.80 bits per heavy atom. The maximum atomic E-state index is 11.6. The van der Waals surface area contributed by atoms with Gasteiger partial charge in [0.2, 0.25) is 0 Å². The molecule has 3 heteroatoms. The number of rotatable bonds is 7. The number of esters is 1. The Kier molecular flexibility index (Phi) is 7.39. The van der Waals surface area contributed by atoms with E-state index in [-0.39, 0.29) is 12.0 Å². The summed E-state index contributed by atoms with van der Waals surface area (Å²) in [5.74, 6) is 0.414. The monoisotopic (exact) mass is 215 g/mol. The highest BCUT2D eigenvalue weighted by Gasteiger charge is 2.22. The van der Waals surface area contributed by atoms with Gasteiger partial charge in [0, 0.05) is 6.04 Å². The number of carbonyl (C=O) groups excluding carboxylic acids is 1. The van der Waals surface area contributed by atoms with Gasteiger partial charge in [0.25, 0.3) is 0 Å². The number of nitrogens with one attached hydrogen (secondary N) is 1. The summed E-state index contributed by atoms with van der Waals surface area (Å²) in [7, 11) is 0. The SMILES string of the molecule is CCOC(=O)C(CC)NC(CC)C(C)C. The quantitative estimate of drug-likeness (QED) is 0.662. The maximum Gasteiger partial charge on any atom is 0.323 e. The molecule has 0 aromatic rings. The number of ether oxygens (including phenoxy) is 1. The molecule has 0 heterocycles. The lowest BCUT2D eigenvalue weighted by atomic mass is 10.0. The first-order chi connectivity index (χ1) is 7.06. The molecule has 3 nitrogen and oxygen atoms in total. The Hall–Kier alpha value is -0.570. The van der Waals surface area contributed by atoms with Gasteiger partial charge in [0.05, 0.1) is 6.61 Å². The zero-order valence-electron chi connectivity index (χ0n) is 10.7. The van der Waals surface area contributed by atoms with Crippen LogP contribution in [0.4, 0.5) is 0 Å². The molecule has 90 valence electrons. The van der Waals surface area contributed by atoms with Gasteiger partial charge in [0.15, 0.2) is 0 Å². The highest BCUT2D eigenvalue weighted by atomic mass is 16.5. The number of hydrogen-bond donors (Lipinski definition) is 1. The zero-order chi connectivity index (χ0) is 11.8. The van der Waals surface area contributed by atoms with Crippen LogP contribution in [-0.2, 0) is 9.53 Å². The molecule has 1 N–H and O–H groups in total. The van der Waals surface area contributed by atoms with Crippen LogP contribution in [0.15, 0.2) is 0 Å². The summed E-state index contributed by atoms with van der Waals surface area (Å²) in [5, 5.41) is 3.36. The van der Waals surface area contributed by atoms with Gasteiger partial charge in [-0.1, -0.05) is 27.7 Å². The summed E-state index contributed by atoms with van der Waals surface area (Å²) in [6.07, 6.45) is 1.82. The third-order valence-corrected chi connectivity index (χ3v) is 2.64. The molecule has 0 rings (SSSR count). The fourth-order valence-electron chi connectivity index (χ4n) is 1.64. The van der Waals surface area contributed by atoms with Gasteiger partial charge in [-0.3, -0.25) is 4.79 Å². The van der Waals surface area contributed by atoms with Gasteiger partial charge in [-0.25, -0.2) is 0 Å². The first-order valence-electron chi connectivity index (χ1n) is 5.99. The fourth-order valence-corrected chi connectivity index (χ4v) is 1.64. The highest BCUT2D eigenvalue weighted by Crippen LogP contribution is 2.08. The van der Waals surface area contributed by atoms with E-state index in [0.717, 1.165) is 12.8 Å². The molecule has 2 unspecified atom stereocenters. The van der Waals surface area contributed by atoms with E-state index in [0.29, 0.717) is 18.6 Å². The Labute approximate surface area is 93.6 Å². The molecule has 0 aliphatic rings. The molecule has 0 saturated carbocycles. The molecule has 0 aromatic carbocycles. The van der Waals surface area contributed by atoms with Crippen LogP contribution in [0.1, 0.15) is 47.5 Å². The Balaban J connectivity index is 4.23. The molecular formula is C12H25NO2. The summed E-state index contributed by atoms with van der Waals surface area (Å²) in [5.41, 5.74) is 0. The van der Waals surface area contributed by atoms with Crippen LogP contribution in [0, 0.1) is 5.92 Å². The lowest BCUT2D eigenvalue weighted by Gasteiger charge is -2.25. The summed E-state index contributed by atoms with van der Waals surface area (Å²) in [4.78, 5) is 11.6. The molecule has 0 aromatic heterocycles. The highest BCUT2D eigenvalue weighted by molar-refractivity contribution is 5.75. The van der Waals surface area contributed by atoms with Crippen molar-refractivity contribution in [2.45, 2.75) is 59.5 Å². The van der Waals surface area contributed by atoms with Crippen molar-refractivity contribution in [2.75, 3.05) is 6.61 Å². The average molecular weight is 215 g/mol. The Bertz CT molecular complexity index is 180. The molecular weight excluding hydrogens is 190 g/mol. The second kappa shape index (κ2) is 7.69. The third-order valence-electron chi connectivity index (χ3n) is 2.64. The normalized spacial score (nSPS) is 15.1. The van der Waals surface area contributed by atoms with Crippen molar-refractivity contribution in [3.8, 4) is 0 Å². The zero-order valence-corrected chi connectivity index (χ0v) is 10.7. The van der Waals surface area contributed by atoms with Crippen LogP contribution >= 0.6 is 0 Å². The first-order valence-corrected chi connectivity index (χ1v) is 5.99. The Morgan fingerprint density at radius 3 is 2.13 bits per heavy atom. The van der Waals surface area contributed by atoms with E-state index in [1.54, 1.807) is 0 Å². The van der Waals surface area contributed by atoms with Crippen LogP contribution in [0.3, 0.4) is 0 Å². The average Bonchev–Trinajstić information content (AvgIpc) is 2.19. The van der Waals surface area contributed by atoms with Crippen molar-refractivity contribution in [1.29, 1.82) is 0 Å². The molecule has 0 spiro atoms. The van der Waals surface area contributed by atoms with E-state index in [1.165, 1.54) is 0 Å². The summed E-state index contributed by atoms with van der Waals surface area (Å²) in [6.45, 7) is 10.8. The van der Waals surface area contributed by atoms with Gasteiger partial charge < -0.3 is 10.1 Å². The van der Waals surface area contributed by atoms with E-state index < -0.39 is 0 Å². The molecule has 0 saturated heterocycles. The summed E-state index contributed by atoms with van der Waals surface area (Å²) >= 11 is 0. The van der Waals surface area contributed by atoms with E-state index in [4.69, 9.17) is 4.74 Å². The lowest BCUT2D eigenvalue weighted by Crippen LogP contribution is -2.45. The van der Waals surface area contributed by atoms with Gasteiger partial charge >= 0.3 is 5.97 Å². The maximum absolute atomic E-state index is 11.6. The first kappa shape index (κ1) is 14.4. The minimum Gasteiger partial charge on any atom is -0.465 e. The van der Waals surface area contributed by atoms with Gasteiger partial charge in [0.1, 0.15) is 6.04 Å². The largest absolute Gasteiger partial charge is 0.465 e. The molecule has 0 aliphatic heterocycles. The van der Waals surface area contributed by atoms with Crippen molar-refractivity contribution in [1.82, 2.24) is 5.32 Å². The minimum atomic E-state index is -0.155.